The Hall–Kier alpha value is -0.930. The molecule has 112 valence electrons. The summed E-state index contributed by atoms with van der Waals surface area (Å²) in [6.07, 6.45) is 2.46. The van der Waals surface area contributed by atoms with Crippen LogP contribution in [0.5, 0.6) is 0 Å². The van der Waals surface area contributed by atoms with E-state index in [4.69, 9.17) is 0 Å². The summed E-state index contributed by atoms with van der Waals surface area (Å²) < 4.78 is 13.8. The average molecular weight is 278 g/mol. The van der Waals surface area contributed by atoms with Crippen LogP contribution < -0.4 is 5.32 Å². The number of hydrogen-bond donors (Lipinski definition) is 1. The average Bonchev–Trinajstić information content (AvgIpc) is 2.40. The third-order valence-corrected chi connectivity index (χ3v) is 4.68. The molecule has 2 rings (SSSR count). The second-order valence-electron chi connectivity index (χ2n) is 6.45. The maximum absolute atomic E-state index is 13.8. The Kier molecular flexibility index (Phi) is 5.17. The monoisotopic (exact) mass is 278 g/mol. The molecule has 0 radical (unpaired) electrons. The van der Waals surface area contributed by atoms with Crippen LogP contribution in [0.3, 0.4) is 0 Å². The molecule has 0 spiro atoms. The van der Waals surface area contributed by atoms with E-state index in [1.54, 1.807) is 12.1 Å². The molecule has 1 aliphatic carbocycles. The highest BCUT2D eigenvalue weighted by Gasteiger charge is 2.35. The molecule has 0 saturated heterocycles. The summed E-state index contributed by atoms with van der Waals surface area (Å²) in [5, 5.41) is 3.46. The van der Waals surface area contributed by atoms with Crippen LogP contribution >= 0.6 is 0 Å². The van der Waals surface area contributed by atoms with E-state index in [-0.39, 0.29) is 5.82 Å². The van der Waals surface area contributed by atoms with Gasteiger partial charge < -0.3 is 5.32 Å². The van der Waals surface area contributed by atoms with Crippen molar-refractivity contribution in [1.82, 2.24) is 10.2 Å². The smallest absolute Gasteiger partial charge is 0.127 e. The van der Waals surface area contributed by atoms with Crippen molar-refractivity contribution in [2.75, 3.05) is 14.1 Å². The number of nitrogens with one attached hydrogen (secondary N) is 1. The van der Waals surface area contributed by atoms with Crippen molar-refractivity contribution in [3.63, 3.8) is 0 Å². The van der Waals surface area contributed by atoms with Crippen molar-refractivity contribution in [3.05, 3.63) is 35.6 Å². The van der Waals surface area contributed by atoms with Gasteiger partial charge in [0.2, 0.25) is 0 Å². The van der Waals surface area contributed by atoms with Crippen LogP contribution in [0.15, 0.2) is 24.3 Å². The number of halogens is 1. The molecule has 1 N–H and O–H groups in total. The molecule has 1 aliphatic rings. The molecule has 2 nitrogen and oxygen atoms in total. The van der Waals surface area contributed by atoms with Gasteiger partial charge in [-0.15, -0.1) is 0 Å². The molecule has 0 amide bonds. The molecule has 1 saturated carbocycles. The standard InChI is InChI=1S/C17H27FN2/c1-12-9-13(2)17(16(10-12)19-3)20(4)11-14-7-5-6-8-15(14)18/h5-8,12-13,16-17,19H,9-11H2,1-4H3. The molecule has 3 heteroatoms. The fraction of sp³-hybridized carbons (Fsp3) is 0.647. The number of nitrogens with zero attached hydrogens (tertiary/aromatic N) is 1. The Balaban J connectivity index is 2.10. The first-order valence-electron chi connectivity index (χ1n) is 7.63. The zero-order valence-corrected chi connectivity index (χ0v) is 13.1. The molecule has 0 bridgehead atoms. The van der Waals surface area contributed by atoms with Crippen LogP contribution in [-0.2, 0) is 6.54 Å². The van der Waals surface area contributed by atoms with E-state index in [1.165, 1.54) is 12.8 Å². The van der Waals surface area contributed by atoms with Gasteiger partial charge in [0.05, 0.1) is 0 Å². The minimum absolute atomic E-state index is 0.0998. The first kappa shape index (κ1) is 15.5. The second-order valence-corrected chi connectivity index (χ2v) is 6.45. The highest BCUT2D eigenvalue weighted by atomic mass is 19.1. The van der Waals surface area contributed by atoms with Crippen LogP contribution in [0.4, 0.5) is 4.39 Å². The van der Waals surface area contributed by atoms with Crippen molar-refractivity contribution in [2.45, 2.75) is 45.3 Å². The quantitative estimate of drug-likeness (QED) is 0.909. The summed E-state index contributed by atoms with van der Waals surface area (Å²) in [7, 11) is 4.16. The van der Waals surface area contributed by atoms with Crippen LogP contribution in [0.1, 0.15) is 32.3 Å². The van der Waals surface area contributed by atoms with Crippen LogP contribution in [0.25, 0.3) is 0 Å². The van der Waals surface area contributed by atoms with Crippen molar-refractivity contribution >= 4 is 0 Å². The molecule has 1 aromatic rings. The predicted octanol–water partition coefficient (Wildman–Crippen LogP) is 3.28. The van der Waals surface area contributed by atoms with E-state index in [2.05, 4.69) is 31.1 Å². The zero-order valence-electron chi connectivity index (χ0n) is 13.1. The predicted molar refractivity (Wildman–Crippen MR) is 82.1 cm³/mol. The number of benzene rings is 1. The first-order valence-corrected chi connectivity index (χ1v) is 7.63. The van der Waals surface area contributed by atoms with Crippen LogP contribution in [-0.4, -0.2) is 31.1 Å². The molecule has 4 atom stereocenters. The molecular formula is C17H27FN2. The highest BCUT2D eigenvalue weighted by molar-refractivity contribution is 5.17. The molecule has 0 heterocycles. The Morgan fingerprint density at radius 3 is 2.60 bits per heavy atom. The van der Waals surface area contributed by atoms with Crippen LogP contribution in [0.2, 0.25) is 0 Å². The Morgan fingerprint density at radius 1 is 1.25 bits per heavy atom. The van der Waals surface area contributed by atoms with E-state index >= 15 is 0 Å². The maximum atomic E-state index is 13.8. The lowest BCUT2D eigenvalue weighted by atomic mass is 9.76. The van der Waals surface area contributed by atoms with E-state index < -0.39 is 0 Å². The Morgan fingerprint density at radius 2 is 1.95 bits per heavy atom. The lowest BCUT2D eigenvalue weighted by Crippen LogP contribution is -2.54. The number of rotatable bonds is 4. The lowest BCUT2D eigenvalue weighted by Gasteiger charge is -2.44. The van der Waals surface area contributed by atoms with Gasteiger partial charge in [-0.1, -0.05) is 32.0 Å². The second kappa shape index (κ2) is 6.68. The largest absolute Gasteiger partial charge is 0.315 e. The highest BCUT2D eigenvalue weighted by Crippen LogP contribution is 2.32. The van der Waals surface area contributed by atoms with Gasteiger partial charge in [0.1, 0.15) is 5.82 Å². The molecule has 0 aromatic heterocycles. The van der Waals surface area contributed by atoms with E-state index in [1.807, 2.05) is 19.2 Å². The summed E-state index contributed by atoms with van der Waals surface area (Å²) in [4.78, 5) is 2.32. The summed E-state index contributed by atoms with van der Waals surface area (Å²) in [6.45, 7) is 5.32. The van der Waals surface area contributed by atoms with Gasteiger partial charge in [-0.25, -0.2) is 4.39 Å². The molecule has 1 fully saturated rings. The number of hydrogen-bond acceptors (Lipinski definition) is 2. The Bertz CT molecular complexity index is 435. The van der Waals surface area contributed by atoms with Gasteiger partial charge in [-0.05, 0) is 44.8 Å². The molecular weight excluding hydrogens is 251 g/mol. The molecule has 1 aromatic carbocycles. The van der Waals surface area contributed by atoms with E-state index in [0.29, 0.717) is 24.5 Å². The van der Waals surface area contributed by atoms with Gasteiger partial charge in [0.25, 0.3) is 0 Å². The summed E-state index contributed by atoms with van der Waals surface area (Å²) in [5.74, 6) is 1.30. The van der Waals surface area contributed by atoms with Gasteiger partial charge in [0, 0.05) is 24.2 Å². The van der Waals surface area contributed by atoms with Crippen molar-refractivity contribution < 1.29 is 4.39 Å². The molecule has 4 unspecified atom stereocenters. The third-order valence-electron chi connectivity index (χ3n) is 4.68. The topological polar surface area (TPSA) is 15.3 Å². The van der Waals surface area contributed by atoms with Crippen molar-refractivity contribution in [1.29, 1.82) is 0 Å². The van der Waals surface area contributed by atoms with Gasteiger partial charge >= 0.3 is 0 Å². The normalized spacial score (nSPS) is 30.7. The van der Waals surface area contributed by atoms with E-state index in [9.17, 15) is 4.39 Å². The van der Waals surface area contributed by atoms with Gasteiger partial charge in [-0.3, -0.25) is 4.90 Å². The minimum Gasteiger partial charge on any atom is -0.315 e. The lowest BCUT2D eigenvalue weighted by molar-refractivity contribution is 0.0778. The van der Waals surface area contributed by atoms with Crippen LogP contribution in [0, 0.1) is 17.7 Å². The van der Waals surface area contributed by atoms with E-state index in [0.717, 1.165) is 11.5 Å². The summed E-state index contributed by atoms with van der Waals surface area (Å²) >= 11 is 0. The minimum atomic E-state index is -0.0998. The number of likely N-dealkylation sites (N-methyl/N-ethyl adjacent to an activating group) is 2. The fourth-order valence-electron chi connectivity index (χ4n) is 3.87. The third kappa shape index (κ3) is 3.39. The van der Waals surface area contributed by atoms with Gasteiger partial charge in [-0.2, -0.15) is 0 Å². The summed E-state index contributed by atoms with van der Waals surface area (Å²) in [5.41, 5.74) is 0.788. The van der Waals surface area contributed by atoms with Crippen molar-refractivity contribution in [3.8, 4) is 0 Å². The maximum Gasteiger partial charge on any atom is 0.127 e. The first-order chi connectivity index (χ1) is 9.52. The van der Waals surface area contributed by atoms with Gasteiger partial charge in [0.15, 0.2) is 0 Å². The molecule has 0 aliphatic heterocycles. The molecule has 20 heavy (non-hydrogen) atoms. The Labute approximate surface area is 122 Å². The zero-order chi connectivity index (χ0) is 14.7. The summed E-state index contributed by atoms with van der Waals surface area (Å²) in [6, 6.07) is 8.05. The fourth-order valence-corrected chi connectivity index (χ4v) is 3.87. The van der Waals surface area contributed by atoms with Crippen molar-refractivity contribution in [2.24, 2.45) is 11.8 Å². The SMILES string of the molecule is CNC1CC(C)CC(C)C1N(C)Cc1ccccc1F.